The lowest BCUT2D eigenvalue weighted by atomic mass is 10.0. The minimum Gasteiger partial charge on any atom is -0.336 e. The summed E-state index contributed by atoms with van der Waals surface area (Å²) in [6, 6.07) is 11.1. The molecule has 0 amide bonds. The van der Waals surface area contributed by atoms with Crippen LogP contribution >= 0.6 is 0 Å². The van der Waals surface area contributed by atoms with Crippen molar-refractivity contribution in [1.82, 2.24) is 14.9 Å². The molecule has 19 heavy (non-hydrogen) atoms. The fourth-order valence-corrected chi connectivity index (χ4v) is 2.46. The summed E-state index contributed by atoms with van der Waals surface area (Å²) in [5.74, 6) is 0. The lowest BCUT2D eigenvalue weighted by Crippen LogP contribution is -2.23. The molecule has 0 aliphatic carbocycles. The third-order valence-electron chi connectivity index (χ3n) is 3.46. The van der Waals surface area contributed by atoms with Crippen molar-refractivity contribution in [3.05, 3.63) is 54.1 Å². The van der Waals surface area contributed by atoms with Crippen LogP contribution in [0, 0.1) is 0 Å². The first-order valence-electron chi connectivity index (χ1n) is 7.04. The number of nitrogens with one attached hydrogen (secondary N) is 1. The predicted molar refractivity (Wildman–Crippen MR) is 79.0 cm³/mol. The maximum atomic E-state index is 4.21. The van der Waals surface area contributed by atoms with E-state index in [-0.39, 0.29) is 0 Å². The lowest BCUT2D eigenvalue weighted by Gasteiger charge is -2.18. The van der Waals surface area contributed by atoms with Crippen molar-refractivity contribution in [2.24, 2.45) is 7.05 Å². The smallest absolute Gasteiger partial charge is 0.0946 e. The van der Waals surface area contributed by atoms with Gasteiger partial charge in [0.1, 0.15) is 0 Å². The first-order valence-corrected chi connectivity index (χ1v) is 7.04. The van der Waals surface area contributed by atoms with Crippen LogP contribution in [0.1, 0.15) is 37.1 Å². The zero-order chi connectivity index (χ0) is 13.5. The third-order valence-corrected chi connectivity index (χ3v) is 3.46. The van der Waals surface area contributed by atoms with Gasteiger partial charge in [-0.15, -0.1) is 0 Å². The molecule has 3 nitrogen and oxygen atoms in total. The van der Waals surface area contributed by atoms with Crippen molar-refractivity contribution >= 4 is 0 Å². The summed E-state index contributed by atoms with van der Waals surface area (Å²) in [6.45, 7) is 3.14. The van der Waals surface area contributed by atoms with E-state index in [2.05, 4.69) is 59.2 Å². The van der Waals surface area contributed by atoms with Crippen molar-refractivity contribution in [3.63, 3.8) is 0 Å². The van der Waals surface area contributed by atoms with Gasteiger partial charge in [0.25, 0.3) is 0 Å². The second kappa shape index (κ2) is 7.10. The van der Waals surface area contributed by atoms with E-state index < -0.39 is 0 Å². The van der Waals surface area contributed by atoms with Crippen LogP contribution < -0.4 is 5.32 Å². The minimum atomic E-state index is 0.404. The van der Waals surface area contributed by atoms with Crippen LogP contribution in [-0.2, 0) is 13.5 Å². The molecule has 0 radical (unpaired) electrons. The molecule has 1 unspecified atom stereocenters. The molecular weight excluding hydrogens is 234 g/mol. The Labute approximate surface area is 115 Å². The minimum absolute atomic E-state index is 0.404. The molecule has 2 aromatic rings. The highest BCUT2D eigenvalue weighted by molar-refractivity contribution is 5.14. The Bertz CT molecular complexity index is 476. The van der Waals surface area contributed by atoms with Gasteiger partial charge in [-0.05, 0) is 31.4 Å². The molecule has 0 bridgehead atoms. The number of hydrogen-bond donors (Lipinski definition) is 1. The first-order chi connectivity index (χ1) is 9.31. The molecule has 1 aromatic carbocycles. The van der Waals surface area contributed by atoms with Crippen LogP contribution in [0.3, 0.4) is 0 Å². The Kier molecular flexibility index (Phi) is 5.16. The Balaban J connectivity index is 1.89. The Morgan fingerprint density at radius 1 is 1.26 bits per heavy atom. The van der Waals surface area contributed by atoms with Crippen LogP contribution in [0.15, 0.2) is 42.9 Å². The fraction of sp³-hybridized carbons (Fsp3) is 0.438. The summed E-state index contributed by atoms with van der Waals surface area (Å²) in [7, 11) is 2.06. The Morgan fingerprint density at radius 2 is 2.05 bits per heavy atom. The van der Waals surface area contributed by atoms with E-state index in [0.717, 1.165) is 19.4 Å². The molecular formula is C16H23N3. The number of hydrogen-bond acceptors (Lipinski definition) is 2. The number of rotatable bonds is 7. The van der Waals surface area contributed by atoms with E-state index in [1.54, 1.807) is 0 Å². The van der Waals surface area contributed by atoms with Crippen LogP contribution in [0.25, 0.3) is 0 Å². The number of imidazole rings is 1. The summed E-state index contributed by atoms with van der Waals surface area (Å²) in [5, 5.41) is 3.55. The van der Waals surface area contributed by atoms with Gasteiger partial charge in [0.15, 0.2) is 0 Å². The van der Waals surface area contributed by atoms with E-state index in [0.29, 0.717) is 6.04 Å². The number of nitrogens with zero attached hydrogens (tertiary/aromatic N) is 2. The second-order valence-corrected chi connectivity index (χ2v) is 4.92. The maximum absolute atomic E-state index is 4.21. The van der Waals surface area contributed by atoms with Gasteiger partial charge in [0.05, 0.1) is 12.0 Å². The van der Waals surface area contributed by atoms with Crippen LogP contribution in [0.5, 0.6) is 0 Å². The molecule has 0 saturated carbocycles. The summed E-state index contributed by atoms with van der Waals surface area (Å²) in [6.07, 6.45) is 7.31. The molecule has 0 fully saturated rings. The monoisotopic (exact) mass is 257 g/mol. The molecule has 0 aliphatic heterocycles. The lowest BCUT2D eigenvalue weighted by molar-refractivity contribution is 0.476. The molecule has 1 N–H and O–H groups in total. The number of benzene rings is 1. The van der Waals surface area contributed by atoms with E-state index in [1.807, 2.05) is 12.5 Å². The zero-order valence-corrected chi connectivity index (χ0v) is 11.8. The molecule has 0 aliphatic rings. The SMILES string of the molecule is CCNC(CCCc1ccccc1)c1cncn1C. The molecule has 1 atom stereocenters. The van der Waals surface area contributed by atoms with Gasteiger partial charge < -0.3 is 9.88 Å². The van der Waals surface area contributed by atoms with E-state index >= 15 is 0 Å². The Morgan fingerprint density at radius 3 is 2.68 bits per heavy atom. The molecule has 1 heterocycles. The van der Waals surface area contributed by atoms with Crippen molar-refractivity contribution in [1.29, 1.82) is 0 Å². The maximum Gasteiger partial charge on any atom is 0.0946 e. The fourth-order valence-electron chi connectivity index (χ4n) is 2.46. The highest BCUT2D eigenvalue weighted by Gasteiger charge is 2.13. The van der Waals surface area contributed by atoms with Crippen LogP contribution in [0.4, 0.5) is 0 Å². The van der Waals surface area contributed by atoms with Crippen molar-refractivity contribution in [2.45, 2.75) is 32.2 Å². The largest absolute Gasteiger partial charge is 0.336 e. The van der Waals surface area contributed by atoms with Crippen molar-refractivity contribution in [2.75, 3.05) is 6.54 Å². The number of aryl methyl sites for hydroxylation is 2. The van der Waals surface area contributed by atoms with Gasteiger partial charge in [-0.3, -0.25) is 0 Å². The van der Waals surface area contributed by atoms with Crippen molar-refractivity contribution in [3.8, 4) is 0 Å². The second-order valence-electron chi connectivity index (χ2n) is 4.92. The normalized spacial score (nSPS) is 12.5. The standard InChI is InChI=1S/C16H23N3/c1-3-18-15(16-12-17-13-19(16)2)11-7-10-14-8-5-4-6-9-14/h4-6,8-9,12-13,15,18H,3,7,10-11H2,1-2H3. The molecule has 1 aromatic heterocycles. The average Bonchev–Trinajstić information content (AvgIpc) is 2.85. The summed E-state index contributed by atoms with van der Waals surface area (Å²) >= 11 is 0. The highest BCUT2D eigenvalue weighted by atomic mass is 15.1. The van der Waals surface area contributed by atoms with Crippen molar-refractivity contribution < 1.29 is 0 Å². The zero-order valence-electron chi connectivity index (χ0n) is 11.8. The van der Waals surface area contributed by atoms with Gasteiger partial charge in [0, 0.05) is 19.3 Å². The third kappa shape index (κ3) is 3.93. The predicted octanol–water partition coefficient (Wildman–Crippen LogP) is 3.09. The van der Waals surface area contributed by atoms with Gasteiger partial charge in [-0.2, -0.15) is 0 Å². The van der Waals surface area contributed by atoms with Crippen LogP contribution in [0.2, 0.25) is 0 Å². The summed E-state index contributed by atoms with van der Waals surface area (Å²) in [5.41, 5.74) is 2.69. The average molecular weight is 257 g/mol. The molecule has 0 spiro atoms. The summed E-state index contributed by atoms with van der Waals surface area (Å²) < 4.78 is 2.11. The van der Waals surface area contributed by atoms with Gasteiger partial charge in [-0.25, -0.2) is 4.98 Å². The first kappa shape index (κ1) is 13.8. The van der Waals surface area contributed by atoms with Crippen LogP contribution in [-0.4, -0.2) is 16.1 Å². The van der Waals surface area contributed by atoms with Gasteiger partial charge in [0.2, 0.25) is 0 Å². The molecule has 2 rings (SSSR count). The summed E-state index contributed by atoms with van der Waals surface area (Å²) in [4.78, 5) is 4.21. The van der Waals surface area contributed by atoms with Gasteiger partial charge in [-0.1, -0.05) is 37.3 Å². The van der Waals surface area contributed by atoms with E-state index in [9.17, 15) is 0 Å². The topological polar surface area (TPSA) is 29.9 Å². The van der Waals surface area contributed by atoms with Gasteiger partial charge >= 0.3 is 0 Å². The molecule has 3 heteroatoms. The molecule has 102 valence electrons. The molecule has 0 saturated heterocycles. The van der Waals surface area contributed by atoms with E-state index in [4.69, 9.17) is 0 Å². The Hall–Kier alpha value is -1.61. The highest BCUT2D eigenvalue weighted by Crippen LogP contribution is 2.19. The quantitative estimate of drug-likeness (QED) is 0.826. The van der Waals surface area contributed by atoms with E-state index in [1.165, 1.54) is 17.7 Å². The number of aromatic nitrogens is 2.